The second-order valence-electron chi connectivity index (χ2n) is 11.2. The lowest BCUT2D eigenvalue weighted by molar-refractivity contribution is 0.114. The van der Waals surface area contributed by atoms with Gasteiger partial charge in [0.1, 0.15) is 17.2 Å². The summed E-state index contributed by atoms with van der Waals surface area (Å²) < 4.78 is 17.6. The highest BCUT2D eigenvalue weighted by molar-refractivity contribution is 5.59. The fraction of sp³-hybridized carbons (Fsp3) is 0.486. The molecular weight excluding hydrogens is 516 g/mol. The van der Waals surface area contributed by atoms with Gasteiger partial charge in [0.25, 0.3) is 0 Å². The highest BCUT2D eigenvalue weighted by Crippen LogP contribution is 2.45. The zero-order chi connectivity index (χ0) is 30.2. The van der Waals surface area contributed by atoms with Gasteiger partial charge in [-0.3, -0.25) is 0 Å². The Hall–Kier alpha value is -3.06. The van der Waals surface area contributed by atoms with Crippen molar-refractivity contribution in [2.24, 2.45) is 0 Å². The summed E-state index contributed by atoms with van der Waals surface area (Å²) >= 11 is 0. The number of aryl methyl sites for hydroxylation is 3. The minimum absolute atomic E-state index is 0.192. The Morgan fingerprint density at radius 3 is 1.22 bits per heavy atom. The molecule has 1 atom stereocenters. The minimum atomic E-state index is -0.714. The molecule has 0 spiro atoms. The van der Waals surface area contributed by atoms with Gasteiger partial charge in [0.05, 0.1) is 19.8 Å². The molecule has 0 heterocycles. The van der Waals surface area contributed by atoms with Crippen LogP contribution in [-0.2, 0) is 39.4 Å². The van der Waals surface area contributed by atoms with Gasteiger partial charge in [-0.1, -0.05) is 39.0 Å². The number of benzene rings is 3. The first-order chi connectivity index (χ1) is 19.6. The van der Waals surface area contributed by atoms with E-state index in [1.54, 1.807) is 0 Å². The molecule has 0 aliphatic rings. The second kappa shape index (κ2) is 14.7. The summed E-state index contributed by atoms with van der Waals surface area (Å²) in [6.45, 7) is 16.7. The fourth-order valence-electron chi connectivity index (χ4n) is 5.24. The summed E-state index contributed by atoms with van der Waals surface area (Å²) in [5.74, 6) is 0.704. The Morgan fingerprint density at radius 2 is 0.829 bits per heavy atom. The van der Waals surface area contributed by atoms with Crippen molar-refractivity contribution in [3.05, 3.63) is 86.5 Å². The second-order valence-corrected chi connectivity index (χ2v) is 11.2. The van der Waals surface area contributed by atoms with Crippen LogP contribution in [0.2, 0.25) is 0 Å². The Balaban J connectivity index is 2.33. The van der Waals surface area contributed by atoms with Crippen LogP contribution in [0.1, 0.15) is 97.0 Å². The molecule has 3 aromatic carbocycles. The summed E-state index contributed by atoms with van der Waals surface area (Å²) in [5.41, 5.74) is 6.65. The van der Waals surface area contributed by atoms with Crippen LogP contribution in [0, 0.1) is 20.8 Å². The van der Waals surface area contributed by atoms with Crippen molar-refractivity contribution in [3.8, 4) is 17.2 Å². The number of ether oxygens (including phenoxy) is 3. The van der Waals surface area contributed by atoms with Crippen LogP contribution in [0.3, 0.4) is 0 Å². The van der Waals surface area contributed by atoms with Crippen LogP contribution in [0.5, 0.6) is 17.2 Å². The topological polar surface area (TPSA) is 88.4 Å². The third-order valence-corrected chi connectivity index (χ3v) is 7.69. The van der Waals surface area contributed by atoms with E-state index in [0.717, 1.165) is 58.2 Å². The van der Waals surface area contributed by atoms with Crippen LogP contribution >= 0.6 is 0 Å². The maximum atomic E-state index is 11.2. The molecule has 224 valence electrons. The van der Waals surface area contributed by atoms with E-state index in [9.17, 15) is 15.3 Å². The van der Waals surface area contributed by atoms with Gasteiger partial charge >= 0.3 is 0 Å². The van der Waals surface area contributed by atoms with E-state index in [-0.39, 0.29) is 30.5 Å². The molecule has 6 nitrogen and oxygen atoms in total. The van der Waals surface area contributed by atoms with E-state index < -0.39 is 5.41 Å². The zero-order valence-corrected chi connectivity index (χ0v) is 25.9. The van der Waals surface area contributed by atoms with E-state index in [1.165, 1.54) is 0 Å². The number of hydrogen-bond donors (Lipinski definition) is 3. The predicted molar refractivity (Wildman–Crippen MR) is 164 cm³/mol. The molecule has 3 N–H and O–H groups in total. The van der Waals surface area contributed by atoms with E-state index >= 15 is 0 Å². The van der Waals surface area contributed by atoms with Crippen molar-refractivity contribution in [2.75, 3.05) is 19.8 Å². The van der Waals surface area contributed by atoms with Gasteiger partial charge in [-0.15, -0.1) is 0 Å². The Labute approximate surface area is 245 Å². The normalized spacial score (nSPS) is 13.0. The quantitative estimate of drug-likeness (QED) is 0.129. The van der Waals surface area contributed by atoms with Gasteiger partial charge in [-0.05, 0) is 98.5 Å². The molecule has 3 aromatic rings. The highest BCUT2D eigenvalue weighted by atomic mass is 16.5. The molecule has 0 bridgehead atoms. The van der Waals surface area contributed by atoms with Crippen molar-refractivity contribution >= 4 is 0 Å². The number of aromatic hydroxyl groups is 3. The minimum Gasteiger partial charge on any atom is -0.507 e. The molecule has 41 heavy (non-hydrogen) atoms. The van der Waals surface area contributed by atoms with E-state index in [0.29, 0.717) is 37.6 Å². The summed E-state index contributed by atoms with van der Waals surface area (Å²) in [6.07, 6.45) is 2.65. The third-order valence-electron chi connectivity index (χ3n) is 7.69. The lowest BCUT2D eigenvalue weighted by atomic mass is 9.69. The first-order valence-electron chi connectivity index (χ1n) is 14.8. The maximum Gasteiger partial charge on any atom is 0.126 e. The first kappa shape index (κ1) is 32.5. The SMILES string of the molecule is CCCOCc1cc(C(C)(c2cc(C)c(O)c(C)c2)c2cc(COCCC)c(O)c(COCCC)c2)cc(C)c1O. The van der Waals surface area contributed by atoms with Crippen LogP contribution in [0.15, 0.2) is 36.4 Å². The lowest BCUT2D eigenvalue weighted by Crippen LogP contribution is -2.27. The molecule has 3 rings (SSSR count). The average Bonchev–Trinajstić information content (AvgIpc) is 2.95. The summed E-state index contributed by atoms with van der Waals surface area (Å²) in [5, 5.41) is 32.8. The standard InChI is InChI=1S/C35H48O6/c1-8-11-39-20-26-17-30(16-25(6)33(26)37)35(7,29-14-23(4)32(36)24(5)15-29)31-18-27(21-40-12-9-2)34(38)28(19-31)22-41-13-10-3/h14-19,36-38H,8-13,20-22H2,1-7H3. The third kappa shape index (κ3) is 7.42. The molecule has 0 saturated carbocycles. The van der Waals surface area contributed by atoms with Crippen molar-refractivity contribution in [3.63, 3.8) is 0 Å². The van der Waals surface area contributed by atoms with E-state index in [4.69, 9.17) is 14.2 Å². The van der Waals surface area contributed by atoms with Gasteiger partial charge in [0.2, 0.25) is 0 Å². The number of phenols is 3. The fourth-order valence-corrected chi connectivity index (χ4v) is 5.24. The molecule has 1 unspecified atom stereocenters. The van der Waals surface area contributed by atoms with Crippen molar-refractivity contribution < 1.29 is 29.5 Å². The molecule has 6 heteroatoms. The van der Waals surface area contributed by atoms with Crippen LogP contribution in [-0.4, -0.2) is 35.1 Å². The largest absolute Gasteiger partial charge is 0.507 e. The first-order valence-corrected chi connectivity index (χ1v) is 14.8. The predicted octanol–water partition coefficient (Wildman–Crippen LogP) is 7.86. The highest BCUT2D eigenvalue weighted by Gasteiger charge is 2.34. The summed E-state index contributed by atoms with van der Waals surface area (Å²) in [6, 6.07) is 12.1. The Kier molecular flexibility index (Phi) is 11.6. The van der Waals surface area contributed by atoms with Crippen molar-refractivity contribution in [2.45, 2.75) is 93.0 Å². The lowest BCUT2D eigenvalue weighted by Gasteiger charge is -2.34. The van der Waals surface area contributed by atoms with E-state index in [2.05, 4.69) is 27.7 Å². The van der Waals surface area contributed by atoms with Gasteiger partial charge in [-0.2, -0.15) is 0 Å². The molecule has 0 aliphatic carbocycles. The van der Waals surface area contributed by atoms with Crippen LogP contribution in [0.4, 0.5) is 0 Å². The monoisotopic (exact) mass is 564 g/mol. The molecule has 0 fully saturated rings. The smallest absolute Gasteiger partial charge is 0.126 e. The molecule has 0 aromatic heterocycles. The number of hydrogen-bond acceptors (Lipinski definition) is 6. The van der Waals surface area contributed by atoms with Gasteiger partial charge in [0.15, 0.2) is 0 Å². The molecule has 0 amide bonds. The molecule has 0 saturated heterocycles. The summed E-state index contributed by atoms with van der Waals surface area (Å²) in [4.78, 5) is 0. The molecular formula is C35H48O6. The molecule has 0 radical (unpaired) electrons. The zero-order valence-electron chi connectivity index (χ0n) is 25.9. The van der Waals surface area contributed by atoms with Crippen molar-refractivity contribution in [1.29, 1.82) is 0 Å². The molecule has 0 aliphatic heterocycles. The Morgan fingerprint density at radius 1 is 0.512 bits per heavy atom. The number of rotatable bonds is 15. The summed E-state index contributed by atoms with van der Waals surface area (Å²) in [7, 11) is 0. The van der Waals surface area contributed by atoms with E-state index in [1.807, 2.05) is 57.2 Å². The number of phenolic OH excluding ortho intramolecular Hbond substituents is 3. The van der Waals surface area contributed by atoms with Crippen LogP contribution < -0.4 is 0 Å². The van der Waals surface area contributed by atoms with Crippen LogP contribution in [0.25, 0.3) is 0 Å². The Bertz CT molecular complexity index is 1260. The maximum absolute atomic E-state index is 11.2. The van der Waals surface area contributed by atoms with Gasteiger partial charge in [-0.25, -0.2) is 0 Å². The van der Waals surface area contributed by atoms with Gasteiger partial charge < -0.3 is 29.5 Å². The average molecular weight is 565 g/mol. The van der Waals surface area contributed by atoms with Crippen molar-refractivity contribution in [1.82, 2.24) is 0 Å². The van der Waals surface area contributed by atoms with Gasteiger partial charge in [0, 0.05) is 41.9 Å².